The molecule has 1 fully saturated rings. The van der Waals surface area contributed by atoms with Crippen molar-refractivity contribution in [1.29, 1.82) is 0 Å². The highest BCUT2D eigenvalue weighted by Gasteiger charge is 2.24. The van der Waals surface area contributed by atoms with Gasteiger partial charge in [0.2, 0.25) is 0 Å². The van der Waals surface area contributed by atoms with E-state index >= 15 is 0 Å². The number of carbonyl (C=O) groups is 1. The lowest BCUT2D eigenvalue weighted by atomic mass is 10.1. The second kappa shape index (κ2) is 9.15. The van der Waals surface area contributed by atoms with Gasteiger partial charge in [-0.05, 0) is 37.2 Å². The molecule has 0 spiro atoms. The number of aromatic nitrogens is 1. The van der Waals surface area contributed by atoms with Crippen molar-refractivity contribution in [2.75, 3.05) is 26.2 Å². The van der Waals surface area contributed by atoms with Gasteiger partial charge >= 0.3 is 0 Å². The Hall–Kier alpha value is -1.66. The number of rotatable bonds is 4. The van der Waals surface area contributed by atoms with E-state index in [9.17, 15) is 4.79 Å². The highest BCUT2D eigenvalue weighted by molar-refractivity contribution is 6.30. The van der Waals surface area contributed by atoms with Crippen LogP contribution < -0.4 is 5.73 Å². The Morgan fingerprint density at radius 2 is 2.20 bits per heavy atom. The molecule has 2 N–H and O–H groups in total. The number of amides is 1. The van der Waals surface area contributed by atoms with E-state index in [1.165, 1.54) is 0 Å². The maximum atomic E-state index is 12.8. The van der Waals surface area contributed by atoms with Crippen LogP contribution >= 0.6 is 24.0 Å². The Balaban J connectivity index is 0.00000225. The van der Waals surface area contributed by atoms with Crippen LogP contribution in [-0.4, -0.2) is 48.1 Å². The summed E-state index contributed by atoms with van der Waals surface area (Å²) in [5.74, 6) is 0.0103. The second-order valence-corrected chi connectivity index (χ2v) is 6.20. The number of nitrogens with zero attached hydrogens (tertiary/aromatic N) is 2. The smallest absolute Gasteiger partial charge is 0.254 e. The normalized spacial score (nSPS) is 17.0. The molecular formula is C18H21Cl2N3O2. The predicted octanol–water partition coefficient (Wildman–Crippen LogP) is 3.01. The average Bonchev–Trinajstić information content (AvgIpc) is 2.62. The van der Waals surface area contributed by atoms with Gasteiger partial charge in [-0.3, -0.25) is 9.78 Å². The van der Waals surface area contributed by atoms with Crippen LogP contribution in [0.15, 0.2) is 42.6 Å². The summed E-state index contributed by atoms with van der Waals surface area (Å²) in [6.07, 6.45) is 2.39. The van der Waals surface area contributed by atoms with Crippen LogP contribution in [0.4, 0.5) is 0 Å². The van der Waals surface area contributed by atoms with Gasteiger partial charge in [-0.2, -0.15) is 0 Å². The Morgan fingerprint density at radius 1 is 1.36 bits per heavy atom. The van der Waals surface area contributed by atoms with Crippen LogP contribution in [0.25, 0.3) is 11.3 Å². The Kier molecular flexibility index (Phi) is 7.20. The molecule has 0 aliphatic carbocycles. The van der Waals surface area contributed by atoms with Crippen molar-refractivity contribution in [2.45, 2.75) is 12.5 Å². The number of hydrogen-bond acceptors (Lipinski definition) is 4. The van der Waals surface area contributed by atoms with Crippen molar-refractivity contribution in [2.24, 2.45) is 5.73 Å². The third-order valence-corrected chi connectivity index (χ3v) is 4.27. The third-order valence-electron chi connectivity index (χ3n) is 4.05. The monoisotopic (exact) mass is 381 g/mol. The van der Waals surface area contributed by atoms with Crippen LogP contribution in [0, 0.1) is 0 Å². The number of morpholine rings is 1. The zero-order chi connectivity index (χ0) is 16.9. The largest absolute Gasteiger partial charge is 0.374 e. The fraction of sp³-hybridized carbons (Fsp3) is 0.333. The van der Waals surface area contributed by atoms with E-state index in [2.05, 4.69) is 4.98 Å². The summed E-state index contributed by atoms with van der Waals surface area (Å²) in [6.45, 7) is 2.29. The molecule has 1 aliphatic heterocycles. The van der Waals surface area contributed by atoms with Gasteiger partial charge in [0.1, 0.15) is 0 Å². The van der Waals surface area contributed by atoms with Crippen LogP contribution in [0.3, 0.4) is 0 Å². The van der Waals surface area contributed by atoms with Gasteiger partial charge in [-0.25, -0.2) is 0 Å². The molecule has 1 aliphatic rings. The summed E-state index contributed by atoms with van der Waals surface area (Å²) in [5, 5.41) is 0.588. The zero-order valence-corrected chi connectivity index (χ0v) is 15.3. The molecule has 1 unspecified atom stereocenters. The summed E-state index contributed by atoms with van der Waals surface area (Å²) in [5.41, 5.74) is 7.92. The zero-order valence-electron chi connectivity index (χ0n) is 13.7. The molecule has 0 bridgehead atoms. The lowest BCUT2D eigenvalue weighted by Gasteiger charge is -2.33. The van der Waals surface area contributed by atoms with E-state index in [0.29, 0.717) is 36.8 Å². The molecule has 7 heteroatoms. The van der Waals surface area contributed by atoms with Crippen molar-refractivity contribution in [1.82, 2.24) is 9.88 Å². The van der Waals surface area contributed by atoms with Crippen molar-refractivity contribution >= 4 is 29.9 Å². The van der Waals surface area contributed by atoms with Gasteiger partial charge in [-0.15, -0.1) is 12.4 Å². The minimum Gasteiger partial charge on any atom is -0.374 e. The summed E-state index contributed by atoms with van der Waals surface area (Å²) < 4.78 is 5.64. The number of hydrogen-bond donors (Lipinski definition) is 1. The lowest BCUT2D eigenvalue weighted by molar-refractivity contribution is -0.0236. The Bertz CT molecular complexity index is 708. The van der Waals surface area contributed by atoms with Gasteiger partial charge in [-0.1, -0.05) is 23.7 Å². The van der Waals surface area contributed by atoms with E-state index in [1.54, 1.807) is 12.3 Å². The molecule has 134 valence electrons. The molecule has 0 saturated carbocycles. The third kappa shape index (κ3) is 4.92. The summed E-state index contributed by atoms with van der Waals surface area (Å²) >= 11 is 5.88. The fourth-order valence-electron chi connectivity index (χ4n) is 2.81. The van der Waals surface area contributed by atoms with E-state index in [0.717, 1.165) is 17.7 Å². The number of carbonyl (C=O) groups excluding carboxylic acids is 1. The van der Waals surface area contributed by atoms with Crippen molar-refractivity contribution in [3.63, 3.8) is 0 Å². The molecule has 1 amide bonds. The first-order chi connectivity index (χ1) is 11.7. The van der Waals surface area contributed by atoms with Crippen molar-refractivity contribution in [3.05, 3.63) is 53.2 Å². The summed E-state index contributed by atoms with van der Waals surface area (Å²) in [6, 6.07) is 11.1. The van der Waals surface area contributed by atoms with E-state index < -0.39 is 0 Å². The van der Waals surface area contributed by atoms with Gasteiger partial charge < -0.3 is 15.4 Å². The minimum atomic E-state index is 0. The average molecular weight is 382 g/mol. The molecule has 5 nitrogen and oxygen atoms in total. The lowest BCUT2D eigenvalue weighted by Crippen LogP contribution is -2.46. The highest BCUT2D eigenvalue weighted by atomic mass is 35.5. The molecule has 1 atom stereocenters. The standard InChI is InChI=1S/C18H20ClN3O2.ClH/c19-15-4-5-17(21-11-15)13-2-1-3-14(10-13)18(23)22-8-9-24-16(12-22)6-7-20;/h1-5,10-11,16H,6-9,12,20H2;1H. The van der Waals surface area contributed by atoms with Gasteiger partial charge in [0.15, 0.2) is 0 Å². The van der Waals surface area contributed by atoms with Gasteiger partial charge in [0.05, 0.1) is 23.4 Å². The number of ether oxygens (including phenoxy) is 1. The SMILES string of the molecule is Cl.NCCC1CN(C(=O)c2cccc(-c3ccc(Cl)cn3)c2)CCO1. The molecule has 25 heavy (non-hydrogen) atoms. The van der Waals surface area contributed by atoms with Crippen LogP contribution in [0.5, 0.6) is 0 Å². The van der Waals surface area contributed by atoms with Crippen molar-refractivity contribution in [3.8, 4) is 11.3 Å². The maximum Gasteiger partial charge on any atom is 0.254 e. The number of nitrogens with two attached hydrogens (primary N) is 1. The Morgan fingerprint density at radius 3 is 2.92 bits per heavy atom. The van der Waals surface area contributed by atoms with E-state index in [-0.39, 0.29) is 24.4 Å². The van der Waals surface area contributed by atoms with Gasteiger partial charge in [0, 0.05) is 30.4 Å². The molecule has 3 rings (SSSR count). The molecule has 2 aromatic rings. The van der Waals surface area contributed by atoms with Crippen molar-refractivity contribution < 1.29 is 9.53 Å². The number of halogens is 2. The minimum absolute atomic E-state index is 0. The maximum absolute atomic E-state index is 12.8. The fourth-order valence-corrected chi connectivity index (χ4v) is 2.92. The molecule has 1 aromatic heterocycles. The van der Waals surface area contributed by atoms with Crippen LogP contribution in [0.2, 0.25) is 5.02 Å². The summed E-state index contributed by atoms with van der Waals surface area (Å²) in [4.78, 5) is 18.9. The molecule has 2 heterocycles. The molecule has 0 radical (unpaired) electrons. The first-order valence-corrected chi connectivity index (χ1v) is 8.38. The number of benzene rings is 1. The quantitative estimate of drug-likeness (QED) is 0.883. The molecule has 1 aromatic carbocycles. The van der Waals surface area contributed by atoms with E-state index in [1.807, 2.05) is 35.2 Å². The first kappa shape index (κ1) is 19.7. The topological polar surface area (TPSA) is 68.5 Å². The Labute approximate surface area is 158 Å². The molecular weight excluding hydrogens is 361 g/mol. The predicted molar refractivity (Wildman–Crippen MR) is 101 cm³/mol. The van der Waals surface area contributed by atoms with Crippen LogP contribution in [-0.2, 0) is 4.74 Å². The summed E-state index contributed by atoms with van der Waals surface area (Å²) in [7, 11) is 0. The van der Waals surface area contributed by atoms with Crippen LogP contribution in [0.1, 0.15) is 16.8 Å². The number of pyridine rings is 1. The van der Waals surface area contributed by atoms with E-state index in [4.69, 9.17) is 22.1 Å². The highest BCUT2D eigenvalue weighted by Crippen LogP contribution is 2.21. The second-order valence-electron chi connectivity index (χ2n) is 5.76. The molecule has 1 saturated heterocycles. The van der Waals surface area contributed by atoms with Gasteiger partial charge in [0.25, 0.3) is 5.91 Å². The first-order valence-electron chi connectivity index (χ1n) is 8.00.